The Balaban J connectivity index is 0. The van der Waals surface area contributed by atoms with E-state index in [1.807, 2.05) is 0 Å². The van der Waals surface area contributed by atoms with Crippen molar-refractivity contribution in [3.8, 4) is 0 Å². The first-order valence-electron chi connectivity index (χ1n) is 8.05. The van der Waals surface area contributed by atoms with Gasteiger partial charge in [0, 0.05) is 13.2 Å². The van der Waals surface area contributed by atoms with Gasteiger partial charge in [0.05, 0.1) is 0 Å². The Labute approximate surface area is 115 Å². The monoisotopic (exact) mass is 260 g/mol. The number of hydrogen-bond acceptors (Lipinski definition) is 2. The van der Waals surface area contributed by atoms with Crippen LogP contribution in [0, 0.1) is 0 Å². The number of aliphatic hydroxyl groups excluding tert-OH is 2. The molecule has 0 amide bonds. The van der Waals surface area contributed by atoms with Crippen LogP contribution < -0.4 is 0 Å². The molecule has 0 unspecified atom stereocenters. The fourth-order valence-corrected chi connectivity index (χ4v) is 1.76. The number of hydrogen-bond donors (Lipinski definition) is 2. The van der Waals surface area contributed by atoms with Crippen LogP contribution in [0.5, 0.6) is 0 Å². The van der Waals surface area contributed by atoms with Crippen molar-refractivity contribution < 1.29 is 10.2 Å². The molecule has 0 saturated heterocycles. The smallest absolute Gasteiger partial charge is 0.0431 e. The van der Waals surface area contributed by atoms with Gasteiger partial charge in [0.15, 0.2) is 0 Å². The van der Waals surface area contributed by atoms with Crippen LogP contribution in [0.2, 0.25) is 0 Å². The lowest BCUT2D eigenvalue weighted by molar-refractivity contribution is 0.282. The lowest BCUT2D eigenvalue weighted by Gasteiger charge is -2.00. The second-order valence-electron chi connectivity index (χ2n) is 4.98. The summed E-state index contributed by atoms with van der Waals surface area (Å²) in [5, 5.41) is 16.6. The van der Waals surface area contributed by atoms with Crippen LogP contribution in [0.1, 0.15) is 90.9 Å². The zero-order chi connectivity index (χ0) is 13.9. The summed E-state index contributed by atoms with van der Waals surface area (Å²) in [6.07, 6.45) is 15.3. The molecule has 0 saturated carbocycles. The SMILES string of the molecule is CCCCCCCCCCCCO.CCCCO. The van der Waals surface area contributed by atoms with Gasteiger partial charge in [-0.25, -0.2) is 0 Å². The second kappa shape index (κ2) is 22.1. The standard InChI is InChI=1S/C12H26O.C4H10O/c1-2-3-4-5-6-7-8-9-10-11-12-13;1-2-3-4-5/h13H,2-12H2,1H3;5H,2-4H2,1H3. The Morgan fingerprint density at radius 1 is 0.444 bits per heavy atom. The van der Waals surface area contributed by atoms with Crippen molar-refractivity contribution in [1.82, 2.24) is 0 Å². The maximum absolute atomic E-state index is 8.57. The van der Waals surface area contributed by atoms with E-state index >= 15 is 0 Å². The summed E-state index contributed by atoms with van der Waals surface area (Å²) in [6.45, 7) is 5.03. The molecule has 0 fully saturated rings. The maximum atomic E-state index is 8.57. The average molecular weight is 260 g/mol. The summed E-state index contributed by atoms with van der Waals surface area (Å²) in [4.78, 5) is 0. The van der Waals surface area contributed by atoms with Gasteiger partial charge >= 0.3 is 0 Å². The van der Waals surface area contributed by atoms with Gasteiger partial charge in [0.25, 0.3) is 0 Å². The second-order valence-corrected chi connectivity index (χ2v) is 4.98. The van der Waals surface area contributed by atoms with E-state index in [2.05, 4.69) is 13.8 Å². The summed E-state index contributed by atoms with van der Waals surface area (Å²) in [6, 6.07) is 0. The van der Waals surface area contributed by atoms with Gasteiger partial charge in [0.2, 0.25) is 0 Å². The summed E-state index contributed by atoms with van der Waals surface area (Å²) < 4.78 is 0. The molecule has 0 aromatic rings. The number of aliphatic hydroxyl groups is 2. The average Bonchev–Trinajstić information content (AvgIpc) is 2.39. The van der Waals surface area contributed by atoms with Crippen molar-refractivity contribution in [2.75, 3.05) is 13.2 Å². The highest BCUT2D eigenvalue weighted by molar-refractivity contribution is 4.46. The largest absolute Gasteiger partial charge is 0.396 e. The van der Waals surface area contributed by atoms with Gasteiger partial charge in [0.1, 0.15) is 0 Å². The molecule has 0 aliphatic heterocycles. The molecule has 2 nitrogen and oxygen atoms in total. The molecule has 0 spiro atoms. The minimum absolute atomic E-state index is 0.344. The van der Waals surface area contributed by atoms with Crippen molar-refractivity contribution in [2.24, 2.45) is 0 Å². The number of rotatable bonds is 12. The first kappa shape index (κ1) is 20.2. The first-order valence-corrected chi connectivity index (χ1v) is 8.05. The predicted octanol–water partition coefficient (Wildman–Crippen LogP) is 4.68. The summed E-state index contributed by atoms with van der Waals surface area (Å²) in [7, 11) is 0. The highest BCUT2D eigenvalue weighted by Crippen LogP contribution is 2.09. The van der Waals surface area contributed by atoms with Crippen LogP contribution in [0.4, 0.5) is 0 Å². The van der Waals surface area contributed by atoms with E-state index in [9.17, 15) is 0 Å². The minimum Gasteiger partial charge on any atom is -0.396 e. The van der Waals surface area contributed by atoms with E-state index in [0.717, 1.165) is 19.3 Å². The summed E-state index contributed by atoms with van der Waals surface area (Å²) >= 11 is 0. The van der Waals surface area contributed by atoms with Gasteiger partial charge in [-0.15, -0.1) is 0 Å². The molecule has 0 aliphatic carbocycles. The van der Waals surface area contributed by atoms with Gasteiger partial charge in [-0.1, -0.05) is 78.1 Å². The molecular formula is C16H36O2. The lowest BCUT2D eigenvalue weighted by Crippen LogP contribution is -1.84. The molecule has 112 valence electrons. The zero-order valence-corrected chi connectivity index (χ0v) is 12.8. The molecule has 2 heteroatoms. The lowest BCUT2D eigenvalue weighted by atomic mass is 10.1. The molecule has 0 bridgehead atoms. The van der Waals surface area contributed by atoms with Crippen molar-refractivity contribution in [1.29, 1.82) is 0 Å². The molecule has 0 rings (SSSR count). The Kier molecular flexibility index (Phi) is 24.9. The first-order chi connectivity index (χ1) is 8.83. The maximum Gasteiger partial charge on any atom is 0.0431 e. The molecular weight excluding hydrogens is 224 g/mol. The van der Waals surface area contributed by atoms with E-state index in [4.69, 9.17) is 10.2 Å². The van der Waals surface area contributed by atoms with Crippen LogP contribution in [0.3, 0.4) is 0 Å². The Morgan fingerprint density at radius 2 is 0.778 bits per heavy atom. The molecule has 2 N–H and O–H groups in total. The van der Waals surface area contributed by atoms with Gasteiger partial charge < -0.3 is 10.2 Å². The van der Waals surface area contributed by atoms with Crippen molar-refractivity contribution in [3.63, 3.8) is 0 Å². The van der Waals surface area contributed by atoms with Crippen LogP contribution >= 0.6 is 0 Å². The third kappa shape index (κ3) is 24.9. The van der Waals surface area contributed by atoms with Crippen LogP contribution in [-0.4, -0.2) is 23.4 Å². The van der Waals surface area contributed by atoms with Gasteiger partial charge in [-0.05, 0) is 12.8 Å². The van der Waals surface area contributed by atoms with Crippen molar-refractivity contribution in [2.45, 2.75) is 90.9 Å². The Morgan fingerprint density at radius 3 is 1.06 bits per heavy atom. The fraction of sp³-hybridized carbons (Fsp3) is 1.00. The third-order valence-electron chi connectivity index (χ3n) is 3.02. The van der Waals surface area contributed by atoms with E-state index in [-0.39, 0.29) is 0 Å². The van der Waals surface area contributed by atoms with E-state index in [0.29, 0.717) is 13.2 Å². The normalized spacial score (nSPS) is 10.0. The molecule has 0 aliphatic rings. The Hall–Kier alpha value is -0.0800. The third-order valence-corrected chi connectivity index (χ3v) is 3.02. The molecule has 0 radical (unpaired) electrons. The van der Waals surface area contributed by atoms with E-state index in [1.54, 1.807) is 0 Å². The molecule has 0 aromatic heterocycles. The molecule has 0 atom stereocenters. The van der Waals surface area contributed by atoms with Gasteiger partial charge in [-0.2, -0.15) is 0 Å². The fourth-order valence-electron chi connectivity index (χ4n) is 1.76. The number of unbranched alkanes of at least 4 members (excludes halogenated alkanes) is 10. The topological polar surface area (TPSA) is 40.5 Å². The van der Waals surface area contributed by atoms with Crippen molar-refractivity contribution in [3.05, 3.63) is 0 Å². The zero-order valence-electron chi connectivity index (χ0n) is 12.8. The van der Waals surface area contributed by atoms with Gasteiger partial charge in [-0.3, -0.25) is 0 Å². The molecule has 0 aromatic carbocycles. The molecule has 18 heavy (non-hydrogen) atoms. The van der Waals surface area contributed by atoms with Crippen LogP contribution in [0.25, 0.3) is 0 Å². The highest BCUT2D eigenvalue weighted by Gasteiger charge is 1.91. The Bertz CT molecular complexity index is 104. The van der Waals surface area contributed by atoms with E-state index < -0.39 is 0 Å². The highest BCUT2D eigenvalue weighted by atomic mass is 16.3. The predicted molar refractivity (Wildman–Crippen MR) is 80.9 cm³/mol. The van der Waals surface area contributed by atoms with Crippen LogP contribution in [0.15, 0.2) is 0 Å². The van der Waals surface area contributed by atoms with Crippen molar-refractivity contribution >= 4 is 0 Å². The quantitative estimate of drug-likeness (QED) is 0.500. The summed E-state index contributed by atoms with van der Waals surface area (Å²) in [5.41, 5.74) is 0. The van der Waals surface area contributed by atoms with Crippen LogP contribution in [-0.2, 0) is 0 Å². The van der Waals surface area contributed by atoms with E-state index in [1.165, 1.54) is 57.8 Å². The molecule has 0 heterocycles. The summed E-state index contributed by atoms with van der Waals surface area (Å²) in [5.74, 6) is 0. The minimum atomic E-state index is 0.344.